The Labute approximate surface area is 176 Å². The molecule has 0 heterocycles. The predicted octanol–water partition coefficient (Wildman–Crippen LogP) is 4.87. The molecule has 1 N–H and O–H groups in total. The lowest BCUT2D eigenvalue weighted by atomic mass is 10.1. The van der Waals surface area contributed by atoms with E-state index in [-0.39, 0.29) is 30.8 Å². The lowest BCUT2D eigenvalue weighted by Crippen LogP contribution is -2.50. The zero-order chi connectivity index (χ0) is 20.7. The topological polar surface area (TPSA) is 49.4 Å². The summed E-state index contributed by atoms with van der Waals surface area (Å²) in [7, 11) is 0. The summed E-state index contributed by atoms with van der Waals surface area (Å²) in [5.74, 6) is -0.290. The van der Waals surface area contributed by atoms with Crippen LogP contribution in [0.4, 0.5) is 0 Å². The monoisotopic (exact) mass is 420 g/mol. The van der Waals surface area contributed by atoms with Crippen molar-refractivity contribution < 1.29 is 9.59 Å². The van der Waals surface area contributed by atoms with Gasteiger partial charge in [0.2, 0.25) is 11.8 Å². The van der Waals surface area contributed by atoms with Crippen LogP contribution in [-0.4, -0.2) is 28.8 Å². The van der Waals surface area contributed by atoms with Gasteiger partial charge in [0.05, 0.1) is 6.42 Å². The number of hydrogen-bond acceptors (Lipinski definition) is 2. The van der Waals surface area contributed by atoms with E-state index in [1.54, 1.807) is 23.1 Å². The van der Waals surface area contributed by atoms with Crippen LogP contribution >= 0.6 is 23.2 Å². The standard InChI is InChI=1S/C22H26Cl2N2O2/c1-4-20(22(28)25-15(2)3)26(14-17-7-5-6-8-19(17)24)21(27)13-16-9-11-18(23)12-10-16/h5-12,15,20H,4,13-14H2,1-3H3,(H,25,28)/t20-/m1/s1. The summed E-state index contributed by atoms with van der Waals surface area (Å²) in [6.45, 7) is 5.98. The molecule has 0 aliphatic heterocycles. The van der Waals surface area contributed by atoms with Crippen LogP contribution in [0, 0.1) is 0 Å². The molecular formula is C22H26Cl2N2O2. The number of nitrogens with one attached hydrogen (secondary N) is 1. The Morgan fingerprint density at radius 1 is 1.04 bits per heavy atom. The maximum absolute atomic E-state index is 13.2. The van der Waals surface area contributed by atoms with Gasteiger partial charge in [-0.1, -0.05) is 60.5 Å². The normalized spacial score (nSPS) is 11.9. The number of hydrogen-bond donors (Lipinski definition) is 1. The first-order valence-electron chi connectivity index (χ1n) is 9.39. The molecular weight excluding hydrogens is 395 g/mol. The fourth-order valence-electron chi connectivity index (χ4n) is 2.99. The minimum absolute atomic E-state index is 0.00456. The molecule has 0 aliphatic carbocycles. The minimum atomic E-state index is -0.571. The van der Waals surface area contributed by atoms with Crippen molar-refractivity contribution >= 4 is 35.0 Å². The highest BCUT2D eigenvalue weighted by molar-refractivity contribution is 6.31. The zero-order valence-corrected chi connectivity index (χ0v) is 17.9. The number of carbonyl (C=O) groups excluding carboxylic acids is 2. The van der Waals surface area contributed by atoms with Gasteiger partial charge in [0.1, 0.15) is 6.04 Å². The number of nitrogens with zero attached hydrogens (tertiary/aromatic N) is 1. The second kappa shape index (κ2) is 10.5. The average molecular weight is 421 g/mol. The number of halogens is 2. The van der Waals surface area contributed by atoms with E-state index in [1.807, 2.05) is 51.1 Å². The van der Waals surface area contributed by atoms with Crippen molar-refractivity contribution in [1.29, 1.82) is 0 Å². The number of rotatable bonds is 8. The van der Waals surface area contributed by atoms with Crippen LogP contribution in [0.5, 0.6) is 0 Å². The van der Waals surface area contributed by atoms with Crippen LogP contribution in [0.1, 0.15) is 38.3 Å². The van der Waals surface area contributed by atoms with E-state index in [0.29, 0.717) is 16.5 Å². The maximum Gasteiger partial charge on any atom is 0.243 e. The predicted molar refractivity (Wildman–Crippen MR) is 115 cm³/mol. The smallest absolute Gasteiger partial charge is 0.243 e. The summed E-state index contributed by atoms with van der Waals surface area (Å²) in [4.78, 5) is 27.5. The molecule has 2 aromatic carbocycles. The van der Waals surface area contributed by atoms with Gasteiger partial charge >= 0.3 is 0 Å². The Bertz CT molecular complexity index is 806. The van der Waals surface area contributed by atoms with Gasteiger partial charge in [-0.05, 0) is 49.6 Å². The first-order valence-corrected chi connectivity index (χ1v) is 10.1. The minimum Gasteiger partial charge on any atom is -0.352 e. The average Bonchev–Trinajstić information content (AvgIpc) is 2.64. The van der Waals surface area contributed by atoms with E-state index in [1.165, 1.54) is 0 Å². The fraction of sp³-hybridized carbons (Fsp3) is 0.364. The number of carbonyl (C=O) groups is 2. The molecule has 0 bridgehead atoms. The van der Waals surface area contributed by atoms with Gasteiger partial charge < -0.3 is 10.2 Å². The van der Waals surface area contributed by atoms with Crippen molar-refractivity contribution in [1.82, 2.24) is 10.2 Å². The van der Waals surface area contributed by atoms with Crippen molar-refractivity contribution in [2.75, 3.05) is 0 Å². The first kappa shape index (κ1) is 22.3. The molecule has 2 amide bonds. The van der Waals surface area contributed by atoms with Crippen molar-refractivity contribution in [3.63, 3.8) is 0 Å². The van der Waals surface area contributed by atoms with Gasteiger partial charge in [-0.15, -0.1) is 0 Å². The largest absolute Gasteiger partial charge is 0.352 e. The van der Waals surface area contributed by atoms with Crippen molar-refractivity contribution in [3.8, 4) is 0 Å². The molecule has 0 spiro atoms. The lowest BCUT2D eigenvalue weighted by Gasteiger charge is -2.31. The first-order chi connectivity index (χ1) is 13.3. The third-order valence-corrected chi connectivity index (χ3v) is 5.00. The third-order valence-electron chi connectivity index (χ3n) is 4.38. The van der Waals surface area contributed by atoms with Crippen LogP contribution in [0.2, 0.25) is 10.0 Å². The van der Waals surface area contributed by atoms with Crippen LogP contribution in [0.15, 0.2) is 48.5 Å². The maximum atomic E-state index is 13.2. The van der Waals surface area contributed by atoms with Crippen molar-refractivity contribution in [3.05, 3.63) is 69.7 Å². The molecule has 4 nitrogen and oxygen atoms in total. The Morgan fingerprint density at radius 3 is 2.25 bits per heavy atom. The molecule has 2 aromatic rings. The molecule has 150 valence electrons. The Morgan fingerprint density at radius 2 is 1.68 bits per heavy atom. The Kier molecular flexibility index (Phi) is 8.34. The summed E-state index contributed by atoms with van der Waals surface area (Å²) in [5, 5.41) is 4.11. The van der Waals surface area contributed by atoms with Crippen LogP contribution < -0.4 is 5.32 Å². The van der Waals surface area contributed by atoms with Crippen LogP contribution in [-0.2, 0) is 22.6 Å². The molecule has 0 aliphatic rings. The van der Waals surface area contributed by atoms with Crippen LogP contribution in [0.3, 0.4) is 0 Å². The molecule has 2 rings (SSSR count). The summed E-state index contributed by atoms with van der Waals surface area (Å²) >= 11 is 12.2. The molecule has 6 heteroatoms. The molecule has 0 fully saturated rings. The number of amides is 2. The third kappa shape index (κ3) is 6.25. The SMILES string of the molecule is CC[C@H](C(=O)NC(C)C)N(Cc1ccccc1Cl)C(=O)Cc1ccc(Cl)cc1. The van der Waals surface area contributed by atoms with E-state index in [0.717, 1.165) is 11.1 Å². The zero-order valence-electron chi connectivity index (χ0n) is 16.4. The Hall–Kier alpha value is -2.04. The quantitative estimate of drug-likeness (QED) is 0.661. The summed E-state index contributed by atoms with van der Waals surface area (Å²) < 4.78 is 0. The summed E-state index contributed by atoms with van der Waals surface area (Å²) in [6.07, 6.45) is 0.697. The molecule has 0 radical (unpaired) electrons. The second-order valence-corrected chi connectivity index (χ2v) is 7.85. The van der Waals surface area contributed by atoms with Crippen LogP contribution in [0.25, 0.3) is 0 Å². The van der Waals surface area contributed by atoms with Gasteiger partial charge in [-0.3, -0.25) is 9.59 Å². The highest BCUT2D eigenvalue weighted by Gasteiger charge is 2.29. The molecule has 28 heavy (non-hydrogen) atoms. The molecule has 0 aromatic heterocycles. The van der Waals surface area contributed by atoms with E-state index < -0.39 is 6.04 Å². The fourth-order valence-corrected chi connectivity index (χ4v) is 3.31. The van der Waals surface area contributed by atoms with E-state index in [9.17, 15) is 9.59 Å². The highest BCUT2D eigenvalue weighted by atomic mass is 35.5. The van der Waals surface area contributed by atoms with E-state index in [4.69, 9.17) is 23.2 Å². The molecule has 0 saturated carbocycles. The summed E-state index contributed by atoms with van der Waals surface area (Å²) in [6, 6.07) is 14.0. The number of benzene rings is 2. The molecule has 0 unspecified atom stereocenters. The molecule has 1 atom stereocenters. The van der Waals surface area contributed by atoms with Gasteiger partial charge in [0, 0.05) is 22.6 Å². The van der Waals surface area contributed by atoms with Crippen molar-refractivity contribution in [2.24, 2.45) is 0 Å². The van der Waals surface area contributed by atoms with Gasteiger partial charge in [-0.2, -0.15) is 0 Å². The summed E-state index contributed by atoms with van der Waals surface area (Å²) in [5.41, 5.74) is 1.65. The van der Waals surface area contributed by atoms with Gasteiger partial charge in [0.15, 0.2) is 0 Å². The lowest BCUT2D eigenvalue weighted by molar-refractivity contribution is -0.141. The van der Waals surface area contributed by atoms with Gasteiger partial charge in [0.25, 0.3) is 0 Å². The van der Waals surface area contributed by atoms with Gasteiger partial charge in [-0.25, -0.2) is 0 Å². The Balaban J connectivity index is 2.30. The second-order valence-electron chi connectivity index (χ2n) is 7.00. The van der Waals surface area contributed by atoms with Crippen molar-refractivity contribution in [2.45, 2.75) is 52.2 Å². The van der Waals surface area contributed by atoms with E-state index >= 15 is 0 Å². The molecule has 0 saturated heterocycles. The van der Waals surface area contributed by atoms with E-state index in [2.05, 4.69) is 5.32 Å². The highest BCUT2D eigenvalue weighted by Crippen LogP contribution is 2.21.